The number of aryl methyl sites for hydroxylation is 1. The van der Waals surface area contributed by atoms with E-state index in [0.29, 0.717) is 11.3 Å². The van der Waals surface area contributed by atoms with E-state index < -0.39 is 0 Å². The number of benzene rings is 2. The van der Waals surface area contributed by atoms with Crippen molar-refractivity contribution in [3.63, 3.8) is 0 Å². The van der Waals surface area contributed by atoms with E-state index in [1.807, 2.05) is 72.2 Å². The number of para-hydroxylation sites is 2. The van der Waals surface area contributed by atoms with Crippen molar-refractivity contribution in [1.29, 1.82) is 0 Å². The van der Waals surface area contributed by atoms with E-state index in [1.165, 1.54) is 0 Å². The van der Waals surface area contributed by atoms with Gasteiger partial charge in [0.2, 0.25) is 0 Å². The molecule has 2 aromatic carbocycles. The molecule has 0 saturated heterocycles. The molecule has 0 atom stereocenters. The van der Waals surface area contributed by atoms with Crippen molar-refractivity contribution in [1.82, 2.24) is 14.5 Å². The number of pyridine rings is 1. The van der Waals surface area contributed by atoms with Crippen LogP contribution in [0, 0.1) is 6.92 Å². The molecular weight excluding hydrogens is 312 g/mol. The van der Waals surface area contributed by atoms with Gasteiger partial charge >= 0.3 is 0 Å². The first-order valence-electron chi connectivity index (χ1n) is 7.98. The first kappa shape index (κ1) is 15.1. The number of nitrogens with zero attached hydrogens (tertiary/aromatic N) is 3. The van der Waals surface area contributed by atoms with Gasteiger partial charge in [-0.2, -0.15) is 0 Å². The SMILES string of the molecule is Cc1ccccc1C(=O)Nc1ccc(-n2cnc3ccccc32)nc1. The Morgan fingerprint density at radius 3 is 2.56 bits per heavy atom. The van der Waals surface area contributed by atoms with Crippen LogP contribution in [0.25, 0.3) is 16.9 Å². The van der Waals surface area contributed by atoms with E-state index in [4.69, 9.17) is 0 Å². The van der Waals surface area contributed by atoms with Crippen molar-refractivity contribution >= 4 is 22.6 Å². The molecule has 2 heterocycles. The molecule has 4 aromatic rings. The third-order valence-corrected chi connectivity index (χ3v) is 4.10. The number of aromatic nitrogens is 3. The number of fused-ring (bicyclic) bond motifs is 1. The van der Waals surface area contributed by atoms with Crippen molar-refractivity contribution in [2.24, 2.45) is 0 Å². The predicted octanol–water partition coefficient (Wildman–Crippen LogP) is 3.98. The third kappa shape index (κ3) is 2.87. The average Bonchev–Trinajstić information content (AvgIpc) is 3.07. The lowest BCUT2D eigenvalue weighted by Gasteiger charge is -2.08. The highest BCUT2D eigenvalue weighted by atomic mass is 16.1. The Labute approximate surface area is 145 Å². The molecule has 122 valence electrons. The van der Waals surface area contributed by atoms with Crippen LogP contribution in [0.3, 0.4) is 0 Å². The molecule has 0 unspecified atom stereocenters. The van der Waals surface area contributed by atoms with Gasteiger partial charge in [0.1, 0.15) is 12.1 Å². The van der Waals surface area contributed by atoms with Crippen LogP contribution in [0.5, 0.6) is 0 Å². The van der Waals surface area contributed by atoms with Gasteiger partial charge in [0, 0.05) is 5.56 Å². The smallest absolute Gasteiger partial charge is 0.255 e. The molecule has 0 aliphatic carbocycles. The fourth-order valence-corrected chi connectivity index (χ4v) is 2.77. The second-order valence-corrected chi connectivity index (χ2v) is 5.78. The summed E-state index contributed by atoms with van der Waals surface area (Å²) in [7, 11) is 0. The fraction of sp³-hybridized carbons (Fsp3) is 0.0500. The molecule has 0 radical (unpaired) electrons. The molecule has 4 rings (SSSR count). The summed E-state index contributed by atoms with van der Waals surface area (Å²) >= 11 is 0. The minimum atomic E-state index is -0.138. The maximum Gasteiger partial charge on any atom is 0.255 e. The van der Waals surface area contributed by atoms with Crippen molar-refractivity contribution < 1.29 is 4.79 Å². The molecule has 0 aliphatic heterocycles. The van der Waals surface area contributed by atoms with Crippen LogP contribution in [-0.4, -0.2) is 20.4 Å². The zero-order valence-corrected chi connectivity index (χ0v) is 13.7. The molecule has 0 spiro atoms. The second-order valence-electron chi connectivity index (χ2n) is 5.78. The quantitative estimate of drug-likeness (QED) is 0.619. The van der Waals surface area contributed by atoms with E-state index in [2.05, 4.69) is 15.3 Å². The minimum absolute atomic E-state index is 0.138. The van der Waals surface area contributed by atoms with Crippen LogP contribution in [0.1, 0.15) is 15.9 Å². The van der Waals surface area contributed by atoms with Gasteiger partial charge in [0.25, 0.3) is 5.91 Å². The Bertz CT molecular complexity index is 1050. The summed E-state index contributed by atoms with van der Waals surface area (Å²) in [5.41, 5.74) is 4.16. The van der Waals surface area contributed by atoms with Crippen LogP contribution >= 0.6 is 0 Å². The summed E-state index contributed by atoms with van der Waals surface area (Å²) in [4.78, 5) is 21.2. The van der Waals surface area contributed by atoms with Gasteiger partial charge in [-0.1, -0.05) is 30.3 Å². The lowest BCUT2D eigenvalue weighted by Crippen LogP contribution is -2.13. The van der Waals surface area contributed by atoms with Crippen molar-refractivity contribution in [2.45, 2.75) is 6.92 Å². The number of amides is 1. The number of carbonyl (C=O) groups is 1. The van der Waals surface area contributed by atoms with Crippen molar-refractivity contribution in [2.75, 3.05) is 5.32 Å². The molecule has 2 aromatic heterocycles. The zero-order valence-electron chi connectivity index (χ0n) is 13.7. The Morgan fingerprint density at radius 2 is 1.76 bits per heavy atom. The summed E-state index contributed by atoms with van der Waals surface area (Å²) in [5, 5.41) is 2.88. The van der Waals surface area contributed by atoms with Crippen LogP contribution < -0.4 is 5.32 Å². The van der Waals surface area contributed by atoms with Gasteiger partial charge < -0.3 is 5.32 Å². The standard InChI is InChI=1S/C20H16N4O/c1-14-6-2-3-7-16(14)20(25)23-15-10-11-19(21-12-15)24-13-22-17-8-4-5-9-18(17)24/h2-13H,1H3,(H,23,25). The van der Waals surface area contributed by atoms with Crippen LogP contribution in [0.4, 0.5) is 5.69 Å². The van der Waals surface area contributed by atoms with E-state index in [-0.39, 0.29) is 5.91 Å². The molecule has 0 aliphatic rings. The summed E-state index contributed by atoms with van der Waals surface area (Å²) < 4.78 is 1.92. The van der Waals surface area contributed by atoms with E-state index >= 15 is 0 Å². The second kappa shape index (κ2) is 6.20. The van der Waals surface area contributed by atoms with E-state index in [1.54, 1.807) is 12.5 Å². The Kier molecular flexibility index (Phi) is 3.74. The maximum atomic E-state index is 12.4. The highest BCUT2D eigenvalue weighted by Gasteiger charge is 2.09. The van der Waals surface area contributed by atoms with Crippen LogP contribution in [0.15, 0.2) is 73.2 Å². The number of hydrogen-bond donors (Lipinski definition) is 1. The van der Waals surface area contributed by atoms with Gasteiger partial charge in [-0.05, 0) is 42.8 Å². The van der Waals surface area contributed by atoms with Gasteiger partial charge in [-0.25, -0.2) is 9.97 Å². The number of hydrogen-bond acceptors (Lipinski definition) is 3. The average molecular weight is 328 g/mol. The van der Waals surface area contributed by atoms with Gasteiger partial charge in [0.05, 0.1) is 22.9 Å². The maximum absolute atomic E-state index is 12.4. The van der Waals surface area contributed by atoms with Gasteiger partial charge in [-0.3, -0.25) is 9.36 Å². The first-order valence-corrected chi connectivity index (χ1v) is 7.98. The number of nitrogens with one attached hydrogen (secondary N) is 1. The lowest BCUT2D eigenvalue weighted by molar-refractivity contribution is 0.102. The largest absolute Gasteiger partial charge is 0.321 e. The van der Waals surface area contributed by atoms with E-state index in [9.17, 15) is 4.79 Å². The number of anilines is 1. The van der Waals surface area contributed by atoms with Crippen molar-refractivity contribution in [3.05, 3.63) is 84.3 Å². The minimum Gasteiger partial charge on any atom is -0.321 e. The Balaban J connectivity index is 1.58. The molecule has 0 saturated carbocycles. The fourth-order valence-electron chi connectivity index (χ4n) is 2.77. The molecule has 0 fully saturated rings. The summed E-state index contributed by atoms with van der Waals surface area (Å²) in [6.07, 6.45) is 3.40. The topological polar surface area (TPSA) is 59.8 Å². The normalized spacial score (nSPS) is 10.8. The van der Waals surface area contributed by atoms with Crippen LogP contribution in [-0.2, 0) is 0 Å². The Morgan fingerprint density at radius 1 is 0.960 bits per heavy atom. The number of rotatable bonds is 3. The first-order chi connectivity index (χ1) is 12.2. The Hall–Kier alpha value is -3.47. The number of carbonyl (C=O) groups excluding carboxylic acids is 1. The highest BCUT2D eigenvalue weighted by Crippen LogP contribution is 2.18. The lowest BCUT2D eigenvalue weighted by atomic mass is 10.1. The third-order valence-electron chi connectivity index (χ3n) is 4.10. The molecule has 0 bridgehead atoms. The molecule has 1 N–H and O–H groups in total. The molecule has 5 heteroatoms. The zero-order chi connectivity index (χ0) is 17.2. The van der Waals surface area contributed by atoms with Gasteiger partial charge in [-0.15, -0.1) is 0 Å². The monoisotopic (exact) mass is 328 g/mol. The summed E-state index contributed by atoms with van der Waals surface area (Å²) in [6.45, 7) is 1.92. The molecular formula is C20H16N4O. The molecule has 25 heavy (non-hydrogen) atoms. The van der Waals surface area contributed by atoms with E-state index in [0.717, 1.165) is 22.4 Å². The summed E-state index contributed by atoms with van der Waals surface area (Å²) in [6, 6.07) is 19.1. The van der Waals surface area contributed by atoms with Crippen molar-refractivity contribution in [3.8, 4) is 5.82 Å². The predicted molar refractivity (Wildman–Crippen MR) is 98.0 cm³/mol. The van der Waals surface area contributed by atoms with Gasteiger partial charge in [0.15, 0.2) is 0 Å². The highest BCUT2D eigenvalue weighted by molar-refractivity contribution is 6.05. The summed E-state index contributed by atoms with van der Waals surface area (Å²) in [5.74, 6) is 0.614. The molecule has 1 amide bonds. The molecule has 5 nitrogen and oxygen atoms in total. The number of imidazole rings is 1. The van der Waals surface area contributed by atoms with Crippen LogP contribution in [0.2, 0.25) is 0 Å².